The zero-order chi connectivity index (χ0) is 24.4. The fourth-order valence-electron chi connectivity index (χ4n) is 4.60. The number of hydrogen-bond acceptors (Lipinski definition) is 6. The molecule has 0 unspecified atom stereocenters. The molecule has 0 spiro atoms. The molecule has 4 aromatic rings. The molecule has 1 fully saturated rings. The fraction of sp³-hybridized carbons (Fsp3) is 0.370. The molecule has 1 saturated carbocycles. The Labute approximate surface area is 205 Å². The van der Waals surface area contributed by atoms with Gasteiger partial charge >= 0.3 is 0 Å². The van der Waals surface area contributed by atoms with Crippen molar-refractivity contribution in [3.05, 3.63) is 66.2 Å². The number of rotatable bonds is 7. The van der Waals surface area contributed by atoms with Crippen LogP contribution in [-0.4, -0.2) is 31.6 Å². The second-order valence-electron chi connectivity index (χ2n) is 9.63. The maximum Gasteiger partial charge on any atom is 0.227 e. The Morgan fingerprint density at radius 1 is 1.03 bits per heavy atom. The summed E-state index contributed by atoms with van der Waals surface area (Å²) < 4.78 is 15.6. The third kappa shape index (κ3) is 5.27. The zero-order valence-electron chi connectivity index (χ0n) is 20.2. The van der Waals surface area contributed by atoms with E-state index in [-0.39, 0.29) is 11.9 Å². The minimum absolute atomic E-state index is 0.234. The Kier molecular flexibility index (Phi) is 6.63. The number of halogens is 1. The van der Waals surface area contributed by atoms with Crippen molar-refractivity contribution in [3.8, 4) is 11.1 Å². The number of nitrogens with zero attached hydrogens (tertiary/aromatic N) is 4. The molecule has 2 aromatic carbocycles. The summed E-state index contributed by atoms with van der Waals surface area (Å²) in [5.41, 5.74) is 10.6. The highest BCUT2D eigenvalue weighted by Crippen LogP contribution is 2.27. The molecule has 0 bridgehead atoms. The van der Waals surface area contributed by atoms with E-state index in [4.69, 9.17) is 15.7 Å². The van der Waals surface area contributed by atoms with Crippen molar-refractivity contribution in [2.45, 2.75) is 64.2 Å². The maximum absolute atomic E-state index is 13.6. The van der Waals surface area contributed by atoms with Gasteiger partial charge in [0.2, 0.25) is 5.95 Å². The molecule has 0 atom stereocenters. The average Bonchev–Trinajstić information content (AvgIpc) is 3.29. The van der Waals surface area contributed by atoms with Crippen LogP contribution in [0.5, 0.6) is 0 Å². The molecule has 8 heteroatoms. The minimum Gasteiger partial charge on any atom is -0.364 e. The predicted octanol–water partition coefficient (Wildman–Crippen LogP) is 5.51. The first-order valence-corrected chi connectivity index (χ1v) is 12.3. The largest absolute Gasteiger partial charge is 0.364 e. The van der Waals surface area contributed by atoms with Crippen LogP contribution in [0.1, 0.15) is 51.1 Å². The van der Waals surface area contributed by atoms with Gasteiger partial charge in [-0.15, -0.1) is 0 Å². The number of imidazole rings is 1. The quantitative estimate of drug-likeness (QED) is 0.328. The molecule has 2 aromatic heterocycles. The smallest absolute Gasteiger partial charge is 0.227 e. The summed E-state index contributed by atoms with van der Waals surface area (Å²) in [5.74, 6) is 1.09. The van der Waals surface area contributed by atoms with Crippen LogP contribution in [0, 0.1) is 5.82 Å². The summed E-state index contributed by atoms with van der Waals surface area (Å²) >= 11 is 0. The first-order chi connectivity index (χ1) is 17.0. The molecular formula is C27H32FN7. The molecule has 0 amide bonds. The number of anilines is 2. The van der Waals surface area contributed by atoms with E-state index in [0.717, 1.165) is 53.5 Å². The lowest BCUT2D eigenvalue weighted by molar-refractivity contribution is 0.410. The van der Waals surface area contributed by atoms with Crippen LogP contribution in [0.15, 0.2) is 54.9 Å². The van der Waals surface area contributed by atoms with Crippen molar-refractivity contribution >= 4 is 22.9 Å². The molecule has 0 radical (unpaired) electrons. The molecule has 1 aliphatic rings. The molecule has 0 aliphatic heterocycles. The Bertz CT molecular complexity index is 1290. The van der Waals surface area contributed by atoms with Crippen LogP contribution in [0.3, 0.4) is 0 Å². The summed E-state index contributed by atoms with van der Waals surface area (Å²) in [6, 6.07) is 15.6. The van der Waals surface area contributed by atoms with Crippen molar-refractivity contribution in [1.82, 2.24) is 19.5 Å². The summed E-state index contributed by atoms with van der Waals surface area (Å²) in [7, 11) is 0. The summed E-state index contributed by atoms with van der Waals surface area (Å²) in [6.07, 6.45) is 5.90. The van der Waals surface area contributed by atoms with Crippen LogP contribution < -0.4 is 16.4 Å². The van der Waals surface area contributed by atoms with Gasteiger partial charge in [0.1, 0.15) is 5.82 Å². The Balaban J connectivity index is 1.36. The number of fused-ring (bicyclic) bond motifs is 1. The van der Waals surface area contributed by atoms with Crippen molar-refractivity contribution in [1.29, 1.82) is 0 Å². The van der Waals surface area contributed by atoms with Crippen molar-refractivity contribution in [2.24, 2.45) is 5.73 Å². The second-order valence-corrected chi connectivity index (χ2v) is 9.63. The highest BCUT2D eigenvalue weighted by atomic mass is 19.1. The standard InChI is InChI=1S/C27H32FN7/c1-17(2)35-16-31-24-25(33-27(34-26(24)35)32-23-12-10-22(29)11-13-23)30-15-18-6-8-19(9-7-18)20-4-3-5-21(28)14-20/h3-9,14,16-17,22-23H,10-13,15,29H2,1-2H3,(H2,30,32,33,34). The van der Waals surface area contributed by atoms with E-state index >= 15 is 0 Å². The molecule has 4 N–H and O–H groups in total. The third-order valence-electron chi connectivity index (χ3n) is 6.65. The number of benzene rings is 2. The summed E-state index contributed by atoms with van der Waals surface area (Å²) in [5, 5.41) is 6.99. The van der Waals surface area contributed by atoms with Crippen molar-refractivity contribution < 1.29 is 4.39 Å². The van der Waals surface area contributed by atoms with Gasteiger partial charge in [0.15, 0.2) is 17.0 Å². The van der Waals surface area contributed by atoms with E-state index in [0.29, 0.717) is 30.4 Å². The minimum atomic E-state index is -0.234. The lowest BCUT2D eigenvalue weighted by Crippen LogP contribution is -2.33. The lowest BCUT2D eigenvalue weighted by Gasteiger charge is -2.27. The SMILES string of the molecule is CC(C)n1cnc2c(NCc3ccc(-c4cccc(F)c4)cc3)nc(NC3CCC(N)CC3)nc21. The lowest BCUT2D eigenvalue weighted by atomic mass is 9.92. The number of aromatic nitrogens is 4. The van der Waals surface area contributed by atoms with Gasteiger partial charge < -0.3 is 20.9 Å². The predicted molar refractivity (Wildman–Crippen MR) is 139 cm³/mol. The molecule has 7 nitrogen and oxygen atoms in total. The number of nitrogens with two attached hydrogens (primary N) is 1. The second kappa shape index (κ2) is 10.00. The maximum atomic E-state index is 13.6. The van der Waals surface area contributed by atoms with E-state index in [1.165, 1.54) is 6.07 Å². The highest BCUT2D eigenvalue weighted by molar-refractivity contribution is 5.84. The van der Waals surface area contributed by atoms with E-state index in [9.17, 15) is 4.39 Å². The molecular weight excluding hydrogens is 441 g/mol. The van der Waals surface area contributed by atoms with Crippen LogP contribution >= 0.6 is 0 Å². The van der Waals surface area contributed by atoms with Crippen LogP contribution in [0.25, 0.3) is 22.3 Å². The van der Waals surface area contributed by atoms with Crippen LogP contribution in [0.4, 0.5) is 16.2 Å². The average molecular weight is 474 g/mol. The highest BCUT2D eigenvalue weighted by Gasteiger charge is 2.21. The van der Waals surface area contributed by atoms with E-state index < -0.39 is 0 Å². The van der Waals surface area contributed by atoms with E-state index in [2.05, 4.69) is 34.0 Å². The van der Waals surface area contributed by atoms with Gasteiger partial charge in [-0.05, 0) is 68.4 Å². The molecule has 2 heterocycles. The third-order valence-corrected chi connectivity index (χ3v) is 6.65. The Morgan fingerprint density at radius 2 is 1.80 bits per heavy atom. The summed E-state index contributed by atoms with van der Waals surface area (Å²) in [6.45, 7) is 4.82. The van der Waals surface area contributed by atoms with Crippen molar-refractivity contribution in [2.75, 3.05) is 10.6 Å². The first kappa shape index (κ1) is 23.2. The van der Waals surface area contributed by atoms with Gasteiger partial charge in [-0.2, -0.15) is 9.97 Å². The monoisotopic (exact) mass is 473 g/mol. The van der Waals surface area contributed by atoms with Gasteiger partial charge in [-0.25, -0.2) is 9.37 Å². The Hall–Kier alpha value is -3.52. The van der Waals surface area contributed by atoms with Gasteiger partial charge in [0, 0.05) is 24.7 Å². The van der Waals surface area contributed by atoms with Gasteiger partial charge in [-0.1, -0.05) is 36.4 Å². The normalized spacial score (nSPS) is 18.2. The zero-order valence-corrected chi connectivity index (χ0v) is 20.2. The molecule has 0 saturated heterocycles. The molecule has 5 rings (SSSR count). The van der Waals surface area contributed by atoms with Gasteiger partial charge in [0.25, 0.3) is 0 Å². The van der Waals surface area contributed by atoms with Crippen molar-refractivity contribution in [3.63, 3.8) is 0 Å². The molecule has 182 valence electrons. The van der Waals surface area contributed by atoms with E-state index in [1.807, 2.05) is 36.7 Å². The summed E-state index contributed by atoms with van der Waals surface area (Å²) in [4.78, 5) is 14.2. The van der Waals surface area contributed by atoms with Gasteiger partial charge in [-0.3, -0.25) is 0 Å². The number of hydrogen-bond donors (Lipinski definition) is 3. The topological polar surface area (TPSA) is 93.7 Å². The Morgan fingerprint density at radius 3 is 2.51 bits per heavy atom. The number of nitrogens with one attached hydrogen (secondary N) is 2. The first-order valence-electron chi connectivity index (χ1n) is 12.3. The fourth-order valence-corrected chi connectivity index (χ4v) is 4.60. The van der Waals surface area contributed by atoms with Crippen LogP contribution in [-0.2, 0) is 6.54 Å². The van der Waals surface area contributed by atoms with Crippen LogP contribution in [0.2, 0.25) is 0 Å². The van der Waals surface area contributed by atoms with E-state index in [1.54, 1.807) is 12.1 Å². The molecule has 35 heavy (non-hydrogen) atoms. The molecule has 1 aliphatic carbocycles. The van der Waals surface area contributed by atoms with Gasteiger partial charge in [0.05, 0.1) is 6.33 Å².